The number of amides is 1. The number of aromatic nitrogens is 1. The number of carbonyl (C=O) groups is 2. The Morgan fingerprint density at radius 2 is 2.18 bits per heavy atom. The molecule has 1 heterocycles. The highest BCUT2D eigenvalue weighted by Gasteiger charge is 2.22. The van der Waals surface area contributed by atoms with E-state index in [2.05, 4.69) is 10.3 Å². The van der Waals surface area contributed by atoms with Gasteiger partial charge in [0, 0.05) is 6.20 Å². The van der Waals surface area contributed by atoms with Crippen LogP contribution < -0.4 is 5.32 Å². The van der Waals surface area contributed by atoms with Gasteiger partial charge in [0.2, 0.25) is 0 Å². The first kappa shape index (κ1) is 13.6. The lowest BCUT2D eigenvalue weighted by Gasteiger charge is -2.15. The summed E-state index contributed by atoms with van der Waals surface area (Å²) < 4.78 is 0. The van der Waals surface area contributed by atoms with Gasteiger partial charge in [-0.2, -0.15) is 0 Å². The smallest absolute Gasteiger partial charge is 0.326 e. The second-order valence-electron chi connectivity index (χ2n) is 4.23. The maximum atomic E-state index is 11.7. The summed E-state index contributed by atoms with van der Waals surface area (Å²) in [5.41, 5.74) is 0.255. The van der Waals surface area contributed by atoms with Crippen LogP contribution in [0.15, 0.2) is 12.3 Å². The van der Waals surface area contributed by atoms with Crippen molar-refractivity contribution < 1.29 is 14.7 Å². The average Bonchev–Trinajstić information content (AvgIpc) is 2.63. The molecule has 1 rings (SSSR count). The summed E-state index contributed by atoms with van der Waals surface area (Å²) >= 11 is 5.66. The third-order valence-electron chi connectivity index (χ3n) is 2.20. The second-order valence-corrected chi connectivity index (χ2v) is 4.66. The van der Waals surface area contributed by atoms with Crippen LogP contribution in [0.5, 0.6) is 0 Å². The molecule has 0 bridgehead atoms. The summed E-state index contributed by atoms with van der Waals surface area (Å²) in [6.07, 6.45) is 1.85. The highest BCUT2D eigenvalue weighted by molar-refractivity contribution is 6.30. The minimum Gasteiger partial charge on any atom is -0.480 e. The first-order valence-corrected chi connectivity index (χ1v) is 5.65. The molecule has 0 aliphatic carbocycles. The molecule has 0 aliphatic heterocycles. The van der Waals surface area contributed by atoms with Gasteiger partial charge in [0.15, 0.2) is 0 Å². The van der Waals surface area contributed by atoms with Crippen molar-refractivity contribution in [3.05, 3.63) is 23.0 Å². The Kier molecular flexibility index (Phi) is 4.57. The van der Waals surface area contributed by atoms with Crippen molar-refractivity contribution in [2.24, 2.45) is 5.92 Å². The van der Waals surface area contributed by atoms with E-state index in [0.717, 1.165) is 0 Å². The normalized spacial score (nSPS) is 12.5. The molecule has 1 aromatic heterocycles. The molecular weight excluding hydrogens is 244 g/mol. The molecule has 17 heavy (non-hydrogen) atoms. The zero-order chi connectivity index (χ0) is 13.0. The fourth-order valence-corrected chi connectivity index (χ4v) is 1.59. The number of carbonyl (C=O) groups excluding carboxylic acids is 1. The van der Waals surface area contributed by atoms with Crippen LogP contribution in [0.1, 0.15) is 30.8 Å². The summed E-state index contributed by atoms with van der Waals surface area (Å²) in [4.78, 5) is 25.3. The highest BCUT2D eigenvalue weighted by Crippen LogP contribution is 2.10. The minimum atomic E-state index is -1.04. The number of halogens is 1. The highest BCUT2D eigenvalue weighted by atomic mass is 35.5. The van der Waals surface area contributed by atoms with Crippen molar-refractivity contribution in [2.75, 3.05) is 0 Å². The van der Waals surface area contributed by atoms with Gasteiger partial charge in [-0.25, -0.2) is 4.79 Å². The maximum Gasteiger partial charge on any atom is 0.326 e. The molecule has 94 valence electrons. The Hall–Kier alpha value is -1.49. The fourth-order valence-electron chi connectivity index (χ4n) is 1.43. The third-order valence-corrected chi connectivity index (χ3v) is 2.42. The van der Waals surface area contributed by atoms with Gasteiger partial charge in [0.1, 0.15) is 11.7 Å². The molecule has 0 aromatic carbocycles. The molecule has 3 N–H and O–H groups in total. The van der Waals surface area contributed by atoms with E-state index in [1.54, 1.807) is 0 Å². The first-order valence-electron chi connectivity index (χ1n) is 5.27. The molecule has 5 nitrogen and oxygen atoms in total. The Balaban J connectivity index is 2.67. The largest absolute Gasteiger partial charge is 0.480 e. The molecule has 0 saturated carbocycles. The lowest BCUT2D eigenvalue weighted by molar-refractivity contribution is -0.139. The van der Waals surface area contributed by atoms with Crippen molar-refractivity contribution in [1.82, 2.24) is 10.3 Å². The summed E-state index contributed by atoms with van der Waals surface area (Å²) in [7, 11) is 0. The van der Waals surface area contributed by atoms with Crippen molar-refractivity contribution in [3.8, 4) is 0 Å². The van der Waals surface area contributed by atoms with Gasteiger partial charge in [0.05, 0.1) is 5.02 Å². The fraction of sp³-hybridized carbons (Fsp3) is 0.455. The summed E-state index contributed by atoms with van der Waals surface area (Å²) in [5.74, 6) is -1.32. The molecule has 1 amide bonds. The van der Waals surface area contributed by atoms with E-state index in [0.29, 0.717) is 11.4 Å². The van der Waals surface area contributed by atoms with Crippen molar-refractivity contribution in [2.45, 2.75) is 26.3 Å². The zero-order valence-electron chi connectivity index (χ0n) is 9.66. The van der Waals surface area contributed by atoms with Gasteiger partial charge >= 0.3 is 5.97 Å². The molecule has 1 unspecified atom stereocenters. The van der Waals surface area contributed by atoms with E-state index in [4.69, 9.17) is 16.7 Å². The monoisotopic (exact) mass is 258 g/mol. The number of aromatic amines is 1. The van der Waals surface area contributed by atoms with Crippen LogP contribution in [-0.2, 0) is 4.79 Å². The molecule has 0 radical (unpaired) electrons. The van der Waals surface area contributed by atoms with Gasteiger partial charge in [-0.15, -0.1) is 0 Å². The maximum absolute atomic E-state index is 11.7. The number of hydrogen-bond donors (Lipinski definition) is 3. The van der Waals surface area contributed by atoms with Crippen LogP contribution in [0.4, 0.5) is 0 Å². The number of rotatable bonds is 5. The number of hydrogen-bond acceptors (Lipinski definition) is 2. The quantitative estimate of drug-likeness (QED) is 0.754. The lowest BCUT2D eigenvalue weighted by atomic mass is 10.0. The number of nitrogens with one attached hydrogen (secondary N) is 2. The number of aliphatic carboxylic acids is 1. The van der Waals surface area contributed by atoms with Gasteiger partial charge in [-0.1, -0.05) is 25.4 Å². The molecule has 0 fully saturated rings. The number of carboxylic acids is 1. The molecular formula is C11H15ClN2O3. The van der Waals surface area contributed by atoms with E-state index in [1.165, 1.54) is 12.3 Å². The van der Waals surface area contributed by atoms with Gasteiger partial charge < -0.3 is 15.4 Å². The van der Waals surface area contributed by atoms with Crippen LogP contribution in [0.3, 0.4) is 0 Å². The SMILES string of the molecule is CC(C)CC(NC(=O)c1cc(Cl)c[nH]1)C(=O)O. The molecule has 6 heteroatoms. The van der Waals surface area contributed by atoms with E-state index in [-0.39, 0.29) is 11.6 Å². The van der Waals surface area contributed by atoms with Gasteiger partial charge in [0.25, 0.3) is 5.91 Å². The summed E-state index contributed by atoms with van der Waals surface area (Å²) in [6.45, 7) is 3.79. The van der Waals surface area contributed by atoms with E-state index in [9.17, 15) is 9.59 Å². The summed E-state index contributed by atoms with van der Waals surface area (Å²) in [5, 5.41) is 11.8. The molecule has 0 saturated heterocycles. The predicted octanol–water partition coefficient (Wildman–Crippen LogP) is 1.90. The van der Waals surface area contributed by atoms with Crippen LogP contribution in [0.25, 0.3) is 0 Å². The second kappa shape index (κ2) is 5.72. The van der Waals surface area contributed by atoms with Crippen LogP contribution in [0.2, 0.25) is 5.02 Å². The Bertz CT molecular complexity index is 415. The van der Waals surface area contributed by atoms with Gasteiger partial charge in [-0.3, -0.25) is 4.79 Å². The minimum absolute atomic E-state index is 0.184. The Morgan fingerprint density at radius 1 is 1.53 bits per heavy atom. The lowest BCUT2D eigenvalue weighted by Crippen LogP contribution is -2.41. The topological polar surface area (TPSA) is 82.2 Å². The van der Waals surface area contributed by atoms with Crippen LogP contribution in [-0.4, -0.2) is 28.0 Å². The van der Waals surface area contributed by atoms with Crippen molar-refractivity contribution in [1.29, 1.82) is 0 Å². The van der Waals surface area contributed by atoms with Crippen LogP contribution >= 0.6 is 11.6 Å². The number of H-pyrrole nitrogens is 1. The van der Waals surface area contributed by atoms with E-state index < -0.39 is 17.9 Å². The summed E-state index contributed by atoms with van der Waals surface area (Å²) in [6, 6.07) is 0.565. The Morgan fingerprint density at radius 3 is 2.59 bits per heavy atom. The molecule has 0 aliphatic rings. The molecule has 0 spiro atoms. The molecule has 1 atom stereocenters. The van der Waals surface area contributed by atoms with Crippen molar-refractivity contribution in [3.63, 3.8) is 0 Å². The van der Waals surface area contributed by atoms with Crippen LogP contribution in [0, 0.1) is 5.92 Å². The standard InChI is InChI=1S/C11H15ClN2O3/c1-6(2)3-9(11(16)17)14-10(15)8-4-7(12)5-13-8/h4-6,9,13H,3H2,1-2H3,(H,14,15)(H,16,17). The van der Waals surface area contributed by atoms with Crippen molar-refractivity contribution >= 4 is 23.5 Å². The number of carboxylic acid groups (broad SMARTS) is 1. The first-order chi connectivity index (χ1) is 7.90. The van der Waals surface area contributed by atoms with E-state index in [1.807, 2.05) is 13.8 Å². The third kappa shape index (κ3) is 4.11. The van der Waals surface area contributed by atoms with E-state index >= 15 is 0 Å². The Labute approximate surface area is 104 Å². The predicted molar refractivity (Wildman–Crippen MR) is 64.1 cm³/mol. The van der Waals surface area contributed by atoms with Gasteiger partial charge in [-0.05, 0) is 18.4 Å². The zero-order valence-corrected chi connectivity index (χ0v) is 10.4. The average molecular weight is 259 g/mol. The molecule has 1 aromatic rings.